The molecule has 1 fully saturated rings. The number of phenolic OH excluding ortho intramolecular Hbond substituents is 2. The molecule has 28 heavy (non-hydrogen) atoms. The van der Waals surface area contributed by atoms with Gasteiger partial charge in [-0.3, -0.25) is 4.40 Å². The lowest BCUT2D eigenvalue weighted by Crippen LogP contribution is -2.32. The van der Waals surface area contributed by atoms with Gasteiger partial charge < -0.3 is 19.7 Å². The van der Waals surface area contributed by atoms with E-state index in [2.05, 4.69) is 32.1 Å². The summed E-state index contributed by atoms with van der Waals surface area (Å²) in [5.74, 6) is 0.651. The number of para-hydroxylation sites is 2. The normalized spacial score (nSPS) is 15.6. The van der Waals surface area contributed by atoms with Crippen LogP contribution < -0.4 is 0 Å². The first kappa shape index (κ1) is 17.1. The second-order valence-corrected chi connectivity index (χ2v) is 7.54. The number of aromatic hydroxyl groups is 2. The molecule has 2 N–H and O–H groups in total. The predicted octanol–water partition coefficient (Wildman–Crippen LogP) is 3.85. The van der Waals surface area contributed by atoms with Crippen LogP contribution in [0.2, 0.25) is 0 Å². The molecule has 0 saturated carbocycles. The molecule has 0 aliphatic carbocycles. The van der Waals surface area contributed by atoms with E-state index in [-0.39, 0.29) is 11.5 Å². The Balaban J connectivity index is 1.56. The van der Waals surface area contributed by atoms with E-state index in [1.54, 1.807) is 12.1 Å². The van der Waals surface area contributed by atoms with Crippen LogP contribution in [-0.2, 0) is 6.54 Å². The molecule has 2 aromatic heterocycles. The fourth-order valence-corrected chi connectivity index (χ4v) is 4.21. The standard InChI is InChI=1S/C22H24N4O2/c27-20-9-8-16(14-21(20)28)17-15-26-19-7-3-2-6-18(19)25(22(26)23-17)13-12-24-10-4-1-5-11-24/h2-3,6-9,14-15,27-28H,1,4-5,10-13H2. The van der Waals surface area contributed by atoms with E-state index in [4.69, 9.17) is 4.98 Å². The fraction of sp³-hybridized carbons (Fsp3) is 0.318. The van der Waals surface area contributed by atoms with E-state index in [0.29, 0.717) is 0 Å². The van der Waals surface area contributed by atoms with Gasteiger partial charge >= 0.3 is 0 Å². The first-order valence-corrected chi connectivity index (χ1v) is 9.92. The van der Waals surface area contributed by atoms with Gasteiger partial charge in [0.25, 0.3) is 0 Å². The summed E-state index contributed by atoms with van der Waals surface area (Å²) < 4.78 is 4.40. The number of likely N-dealkylation sites (tertiary alicyclic amines) is 1. The summed E-state index contributed by atoms with van der Waals surface area (Å²) in [6.07, 6.45) is 5.93. The first-order valence-electron chi connectivity index (χ1n) is 9.92. The van der Waals surface area contributed by atoms with Crippen LogP contribution in [0.15, 0.2) is 48.7 Å². The minimum Gasteiger partial charge on any atom is -0.504 e. The van der Waals surface area contributed by atoms with E-state index in [1.807, 2.05) is 12.3 Å². The molecule has 0 atom stereocenters. The Kier molecular flexibility index (Phi) is 4.20. The van der Waals surface area contributed by atoms with Crippen molar-refractivity contribution in [3.8, 4) is 22.8 Å². The number of aromatic nitrogens is 3. The maximum atomic E-state index is 9.85. The lowest BCUT2D eigenvalue weighted by molar-refractivity contribution is 0.222. The third kappa shape index (κ3) is 2.90. The molecule has 0 amide bonds. The van der Waals surface area contributed by atoms with Gasteiger partial charge in [-0.1, -0.05) is 18.6 Å². The Hall–Kier alpha value is -2.99. The van der Waals surface area contributed by atoms with Crippen LogP contribution in [0.25, 0.3) is 28.1 Å². The van der Waals surface area contributed by atoms with Crippen LogP contribution >= 0.6 is 0 Å². The van der Waals surface area contributed by atoms with E-state index in [0.717, 1.165) is 35.6 Å². The van der Waals surface area contributed by atoms with E-state index in [1.165, 1.54) is 43.9 Å². The third-order valence-corrected chi connectivity index (χ3v) is 5.72. The summed E-state index contributed by atoms with van der Waals surface area (Å²) in [5, 5.41) is 19.4. The van der Waals surface area contributed by atoms with Crippen molar-refractivity contribution in [1.29, 1.82) is 0 Å². The van der Waals surface area contributed by atoms with Crippen LogP contribution in [0.4, 0.5) is 0 Å². The van der Waals surface area contributed by atoms with Crippen LogP contribution in [0.5, 0.6) is 11.5 Å². The second kappa shape index (κ2) is 6.87. The maximum absolute atomic E-state index is 9.85. The molecule has 5 rings (SSSR count). The quantitative estimate of drug-likeness (QED) is 0.531. The highest BCUT2D eigenvalue weighted by molar-refractivity contribution is 5.82. The van der Waals surface area contributed by atoms with Gasteiger partial charge in [0.2, 0.25) is 5.78 Å². The van der Waals surface area contributed by atoms with Crippen molar-refractivity contribution >= 4 is 16.8 Å². The lowest BCUT2D eigenvalue weighted by atomic mass is 10.1. The van der Waals surface area contributed by atoms with Crippen LogP contribution in [0, 0.1) is 0 Å². The van der Waals surface area contributed by atoms with Crippen molar-refractivity contribution in [2.24, 2.45) is 0 Å². The zero-order chi connectivity index (χ0) is 19.1. The largest absolute Gasteiger partial charge is 0.504 e. The van der Waals surface area contributed by atoms with Crippen LogP contribution in [0.1, 0.15) is 19.3 Å². The number of piperidine rings is 1. The fourth-order valence-electron chi connectivity index (χ4n) is 4.21. The average molecular weight is 376 g/mol. The number of hydrogen-bond acceptors (Lipinski definition) is 4. The SMILES string of the molecule is Oc1ccc(-c2cn3c4ccccc4n(CCN4CCCCC4)c3n2)cc1O. The van der Waals surface area contributed by atoms with Crippen molar-refractivity contribution in [3.05, 3.63) is 48.7 Å². The van der Waals surface area contributed by atoms with Gasteiger partial charge in [0.15, 0.2) is 11.5 Å². The third-order valence-electron chi connectivity index (χ3n) is 5.72. The van der Waals surface area contributed by atoms with Gasteiger partial charge in [-0.2, -0.15) is 0 Å². The number of phenols is 2. The summed E-state index contributed by atoms with van der Waals surface area (Å²) >= 11 is 0. The van der Waals surface area contributed by atoms with Crippen molar-refractivity contribution in [2.75, 3.05) is 19.6 Å². The van der Waals surface area contributed by atoms with Gasteiger partial charge in [0, 0.05) is 24.8 Å². The van der Waals surface area contributed by atoms with Gasteiger partial charge in [-0.05, 0) is 56.3 Å². The molecule has 6 heteroatoms. The molecular weight excluding hydrogens is 352 g/mol. The number of imidazole rings is 2. The zero-order valence-electron chi connectivity index (χ0n) is 15.8. The molecule has 2 aromatic carbocycles. The van der Waals surface area contributed by atoms with Crippen LogP contribution in [-0.4, -0.2) is 48.7 Å². The van der Waals surface area contributed by atoms with Crippen molar-refractivity contribution in [3.63, 3.8) is 0 Å². The number of nitrogens with zero attached hydrogens (tertiary/aromatic N) is 4. The Bertz CT molecular complexity index is 1140. The minimum absolute atomic E-state index is 0.121. The highest BCUT2D eigenvalue weighted by Crippen LogP contribution is 2.31. The smallest absolute Gasteiger partial charge is 0.215 e. The Labute approximate surface area is 163 Å². The minimum atomic E-state index is -0.131. The topological polar surface area (TPSA) is 65.9 Å². The molecule has 0 radical (unpaired) electrons. The summed E-state index contributed by atoms with van der Waals surface area (Å²) in [7, 11) is 0. The zero-order valence-corrected chi connectivity index (χ0v) is 15.8. The molecule has 4 aromatic rings. The van der Waals surface area contributed by atoms with E-state index >= 15 is 0 Å². The molecule has 1 aliphatic heterocycles. The second-order valence-electron chi connectivity index (χ2n) is 7.54. The molecule has 6 nitrogen and oxygen atoms in total. The van der Waals surface area contributed by atoms with Crippen molar-refractivity contribution in [2.45, 2.75) is 25.8 Å². The van der Waals surface area contributed by atoms with E-state index in [9.17, 15) is 10.2 Å². The summed E-state index contributed by atoms with van der Waals surface area (Å²) in [6, 6.07) is 13.2. The molecule has 3 heterocycles. The molecule has 0 unspecified atom stereocenters. The predicted molar refractivity (Wildman–Crippen MR) is 110 cm³/mol. The number of fused-ring (bicyclic) bond motifs is 3. The van der Waals surface area contributed by atoms with Crippen LogP contribution in [0.3, 0.4) is 0 Å². The Morgan fingerprint density at radius 1 is 0.857 bits per heavy atom. The maximum Gasteiger partial charge on any atom is 0.215 e. The summed E-state index contributed by atoms with van der Waals surface area (Å²) in [5.41, 5.74) is 3.87. The molecule has 0 spiro atoms. The highest BCUT2D eigenvalue weighted by atomic mass is 16.3. The number of rotatable bonds is 4. The summed E-state index contributed by atoms with van der Waals surface area (Å²) in [6.45, 7) is 4.29. The van der Waals surface area contributed by atoms with Gasteiger partial charge in [0.1, 0.15) is 0 Å². The molecular formula is C22H24N4O2. The lowest BCUT2D eigenvalue weighted by Gasteiger charge is -2.26. The van der Waals surface area contributed by atoms with Crippen molar-refractivity contribution < 1.29 is 10.2 Å². The Morgan fingerprint density at radius 3 is 2.43 bits per heavy atom. The monoisotopic (exact) mass is 376 g/mol. The van der Waals surface area contributed by atoms with Gasteiger partial charge in [0.05, 0.1) is 16.7 Å². The average Bonchev–Trinajstić information content (AvgIpc) is 3.27. The summed E-state index contributed by atoms with van der Waals surface area (Å²) in [4.78, 5) is 7.41. The van der Waals surface area contributed by atoms with Crippen molar-refractivity contribution in [1.82, 2.24) is 18.9 Å². The molecule has 0 bridgehead atoms. The van der Waals surface area contributed by atoms with Gasteiger partial charge in [-0.15, -0.1) is 0 Å². The highest BCUT2D eigenvalue weighted by Gasteiger charge is 2.17. The van der Waals surface area contributed by atoms with Gasteiger partial charge in [-0.25, -0.2) is 4.98 Å². The first-order chi connectivity index (χ1) is 13.7. The molecule has 1 aliphatic rings. The molecule has 1 saturated heterocycles. The number of benzene rings is 2. The molecule has 144 valence electrons. The van der Waals surface area contributed by atoms with E-state index < -0.39 is 0 Å². The Morgan fingerprint density at radius 2 is 1.64 bits per heavy atom. The number of hydrogen-bond donors (Lipinski definition) is 2.